The molecule has 7 heteroatoms. The molecule has 0 saturated carbocycles. The van der Waals surface area contributed by atoms with Gasteiger partial charge in [0, 0.05) is 23.2 Å². The van der Waals surface area contributed by atoms with E-state index in [0.29, 0.717) is 24.5 Å². The third-order valence-corrected chi connectivity index (χ3v) is 6.85. The maximum Gasteiger partial charge on any atom is 0.410 e. The summed E-state index contributed by atoms with van der Waals surface area (Å²) in [7, 11) is 0. The smallest absolute Gasteiger partial charge is 0.410 e. The molecular weight excluding hydrogens is 503 g/mol. The molecule has 1 aliphatic heterocycles. The average molecular weight is 531 g/mol. The second kappa shape index (κ2) is 11.4. The summed E-state index contributed by atoms with van der Waals surface area (Å²) in [6.07, 6.45) is -0.388. The average Bonchev–Trinajstić information content (AvgIpc) is 3.37. The number of aliphatic imine (C=N–C) groups is 1. The van der Waals surface area contributed by atoms with E-state index < -0.39 is 0 Å². The molecule has 40 heavy (non-hydrogen) atoms. The van der Waals surface area contributed by atoms with Gasteiger partial charge in [0.1, 0.15) is 23.8 Å². The van der Waals surface area contributed by atoms with E-state index in [1.807, 2.05) is 95.7 Å². The summed E-state index contributed by atoms with van der Waals surface area (Å²) in [5, 5.41) is 4.89. The summed E-state index contributed by atoms with van der Waals surface area (Å²) < 4.78 is 21.3. The van der Waals surface area contributed by atoms with Crippen LogP contribution in [0, 0.1) is 5.82 Å². The van der Waals surface area contributed by atoms with Gasteiger partial charge in [-0.25, -0.2) is 14.2 Å². The highest BCUT2D eigenvalue weighted by Crippen LogP contribution is 2.36. The number of halogens is 1. The number of carbonyl (C=O) groups is 1. The van der Waals surface area contributed by atoms with Gasteiger partial charge in [0.15, 0.2) is 0 Å². The number of amides is 1. The molecule has 0 fully saturated rings. The topological polar surface area (TPSA) is 59.7 Å². The Balaban J connectivity index is 1.41. The Kier molecular flexibility index (Phi) is 7.18. The van der Waals surface area contributed by atoms with E-state index in [1.54, 1.807) is 17.0 Å². The Morgan fingerprint density at radius 2 is 1.40 bits per heavy atom. The van der Waals surface area contributed by atoms with Crippen molar-refractivity contribution in [1.82, 2.24) is 14.7 Å². The van der Waals surface area contributed by atoms with Crippen molar-refractivity contribution < 1.29 is 13.9 Å². The Morgan fingerprint density at radius 1 is 0.800 bits per heavy atom. The fourth-order valence-electron chi connectivity index (χ4n) is 4.79. The molecule has 0 unspecified atom stereocenters. The normalized spacial score (nSPS) is 12.5. The molecule has 0 spiro atoms. The third kappa shape index (κ3) is 5.40. The largest absolute Gasteiger partial charge is 0.445 e. The SMILES string of the molecule is O=C(OCc1ccccc1)N1CCn2nc(-c3ccc(F)cc3)c(N=C(c3ccccc3)c3ccccc3)c2C1. The first-order chi connectivity index (χ1) is 19.7. The minimum absolute atomic E-state index is 0.202. The molecule has 6 rings (SSSR count). The maximum absolute atomic E-state index is 13.8. The molecule has 198 valence electrons. The molecule has 0 bridgehead atoms. The first-order valence-corrected chi connectivity index (χ1v) is 13.2. The molecule has 0 atom stereocenters. The van der Waals surface area contributed by atoms with Crippen molar-refractivity contribution in [2.45, 2.75) is 19.7 Å². The lowest BCUT2D eigenvalue weighted by Crippen LogP contribution is -2.38. The van der Waals surface area contributed by atoms with Gasteiger partial charge in [-0.05, 0) is 29.8 Å². The Bertz CT molecular complexity index is 1590. The van der Waals surface area contributed by atoms with Crippen LogP contribution in [0.25, 0.3) is 11.3 Å². The van der Waals surface area contributed by atoms with Gasteiger partial charge in [-0.3, -0.25) is 4.68 Å². The minimum atomic E-state index is -0.388. The Hall–Kier alpha value is -5.04. The van der Waals surface area contributed by atoms with Gasteiger partial charge in [-0.15, -0.1) is 0 Å². The Labute approximate surface area is 232 Å². The van der Waals surface area contributed by atoms with Crippen molar-refractivity contribution >= 4 is 17.5 Å². The van der Waals surface area contributed by atoms with Gasteiger partial charge in [-0.2, -0.15) is 5.10 Å². The van der Waals surface area contributed by atoms with Crippen LogP contribution in [0.2, 0.25) is 0 Å². The van der Waals surface area contributed by atoms with Crippen molar-refractivity contribution in [3.63, 3.8) is 0 Å². The van der Waals surface area contributed by atoms with E-state index >= 15 is 0 Å². The van der Waals surface area contributed by atoms with Crippen LogP contribution in [0.1, 0.15) is 22.4 Å². The molecule has 6 nitrogen and oxygen atoms in total. The molecule has 5 aromatic rings. The number of fused-ring (bicyclic) bond motifs is 1. The lowest BCUT2D eigenvalue weighted by molar-refractivity contribution is 0.0859. The monoisotopic (exact) mass is 530 g/mol. The fourth-order valence-corrected chi connectivity index (χ4v) is 4.79. The van der Waals surface area contributed by atoms with Crippen LogP contribution >= 0.6 is 0 Å². The van der Waals surface area contributed by atoms with Crippen LogP contribution < -0.4 is 0 Å². The molecule has 0 saturated heterocycles. The second-order valence-electron chi connectivity index (χ2n) is 9.53. The maximum atomic E-state index is 13.8. The third-order valence-electron chi connectivity index (χ3n) is 6.85. The fraction of sp³-hybridized carbons (Fsp3) is 0.121. The zero-order chi connectivity index (χ0) is 27.3. The van der Waals surface area contributed by atoms with E-state index in [1.165, 1.54) is 12.1 Å². The molecule has 2 heterocycles. The van der Waals surface area contributed by atoms with E-state index in [2.05, 4.69) is 0 Å². The summed E-state index contributed by atoms with van der Waals surface area (Å²) in [4.78, 5) is 20.0. The number of hydrogen-bond donors (Lipinski definition) is 0. The number of hydrogen-bond acceptors (Lipinski definition) is 4. The van der Waals surface area contributed by atoms with Crippen molar-refractivity contribution in [2.24, 2.45) is 4.99 Å². The van der Waals surface area contributed by atoms with Gasteiger partial charge in [0.05, 0.1) is 24.5 Å². The number of rotatable bonds is 6. The first-order valence-electron chi connectivity index (χ1n) is 13.2. The highest BCUT2D eigenvalue weighted by Gasteiger charge is 2.29. The van der Waals surface area contributed by atoms with E-state index in [0.717, 1.165) is 33.7 Å². The summed E-state index contributed by atoms with van der Waals surface area (Å²) in [6.45, 7) is 1.44. The summed E-state index contributed by atoms with van der Waals surface area (Å²) in [6, 6.07) is 35.8. The summed E-state index contributed by atoms with van der Waals surface area (Å²) >= 11 is 0. The van der Waals surface area contributed by atoms with Gasteiger partial charge < -0.3 is 9.64 Å². The zero-order valence-corrected chi connectivity index (χ0v) is 21.8. The van der Waals surface area contributed by atoms with Gasteiger partial charge in [-0.1, -0.05) is 91.0 Å². The first kappa shape index (κ1) is 25.2. The summed E-state index contributed by atoms with van der Waals surface area (Å²) in [5.74, 6) is -0.320. The van der Waals surface area contributed by atoms with Crippen LogP contribution in [0.5, 0.6) is 0 Å². The van der Waals surface area contributed by atoms with Crippen LogP contribution in [0.4, 0.5) is 14.9 Å². The van der Waals surface area contributed by atoms with Crippen LogP contribution in [-0.2, 0) is 24.4 Å². The van der Waals surface area contributed by atoms with Crippen LogP contribution in [0.15, 0.2) is 120 Å². The zero-order valence-electron chi connectivity index (χ0n) is 21.8. The molecule has 0 aliphatic carbocycles. The van der Waals surface area contributed by atoms with Gasteiger partial charge in [0.25, 0.3) is 0 Å². The van der Waals surface area contributed by atoms with Gasteiger partial charge in [0.2, 0.25) is 0 Å². The number of benzene rings is 4. The quantitative estimate of drug-likeness (QED) is 0.222. The highest BCUT2D eigenvalue weighted by molar-refractivity contribution is 6.14. The standard InChI is InChI=1S/C33H27FN4O2/c34-28-18-16-27(17-19-28)31-32(35-30(25-12-6-2-7-13-25)26-14-8-3-9-15-26)29-22-37(20-21-38(29)36-31)33(39)40-23-24-10-4-1-5-11-24/h1-19H,20-23H2. The number of aromatic nitrogens is 2. The minimum Gasteiger partial charge on any atom is -0.445 e. The number of nitrogens with zero attached hydrogens (tertiary/aromatic N) is 4. The lowest BCUT2D eigenvalue weighted by atomic mass is 10.0. The molecule has 1 aromatic heterocycles. The second-order valence-corrected chi connectivity index (χ2v) is 9.53. The Morgan fingerprint density at radius 3 is 2.02 bits per heavy atom. The van der Waals surface area contributed by atoms with Crippen LogP contribution in [0.3, 0.4) is 0 Å². The predicted octanol–water partition coefficient (Wildman–Crippen LogP) is 7.01. The van der Waals surface area contributed by atoms with Gasteiger partial charge >= 0.3 is 6.09 Å². The van der Waals surface area contributed by atoms with E-state index in [9.17, 15) is 9.18 Å². The molecule has 0 N–H and O–H groups in total. The lowest BCUT2D eigenvalue weighted by Gasteiger charge is -2.27. The van der Waals surface area contributed by atoms with Crippen molar-refractivity contribution in [3.05, 3.63) is 143 Å². The summed E-state index contributed by atoms with van der Waals surface area (Å²) in [5.41, 5.74) is 6.45. The molecule has 0 radical (unpaired) electrons. The molecule has 1 amide bonds. The highest BCUT2D eigenvalue weighted by atomic mass is 19.1. The van der Waals surface area contributed by atoms with Crippen molar-refractivity contribution in [1.29, 1.82) is 0 Å². The van der Waals surface area contributed by atoms with Crippen LogP contribution in [-0.4, -0.2) is 33.0 Å². The predicted molar refractivity (Wildman–Crippen MR) is 153 cm³/mol. The number of carbonyl (C=O) groups excluding carboxylic acids is 1. The van der Waals surface area contributed by atoms with Crippen molar-refractivity contribution in [3.8, 4) is 11.3 Å². The molecular formula is C33H27FN4O2. The van der Waals surface area contributed by atoms with E-state index in [-0.39, 0.29) is 25.1 Å². The number of ether oxygens (including phenoxy) is 1. The molecule has 1 aliphatic rings. The molecule has 4 aromatic carbocycles. The van der Waals surface area contributed by atoms with E-state index in [4.69, 9.17) is 14.8 Å². The van der Waals surface area contributed by atoms with Crippen molar-refractivity contribution in [2.75, 3.05) is 6.54 Å².